The van der Waals surface area contributed by atoms with Crippen molar-refractivity contribution in [3.8, 4) is 0 Å². The van der Waals surface area contributed by atoms with Gasteiger partial charge in [0.25, 0.3) is 0 Å². The van der Waals surface area contributed by atoms with Crippen molar-refractivity contribution in [1.82, 2.24) is 9.97 Å². The molecule has 1 atom stereocenters. The molecule has 0 bridgehead atoms. The summed E-state index contributed by atoms with van der Waals surface area (Å²) in [6.07, 6.45) is 2.93. The smallest absolute Gasteiger partial charge is 0.191 e. The molecule has 0 aliphatic carbocycles. The Morgan fingerprint density at radius 2 is 2.37 bits per heavy atom. The molecule has 1 aliphatic heterocycles. The van der Waals surface area contributed by atoms with Crippen LogP contribution in [0, 0.1) is 0 Å². The summed E-state index contributed by atoms with van der Waals surface area (Å²) in [5.74, 6) is 1.44. The van der Waals surface area contributed by atoms with E-state index in [1.165, 1.54) is 10.4 Å². The van der Waals surface area contributed by atoms with Crippen LogP contribution in [0.1, 0.15) is 10.4 Å². The summed E-state index contributed by atoms with van der Waals surface area (Å²) in [6.45, 7) is 5.95. The largest absolute Gasteiger partial charge is 0.383 e. The molecule has 1 aliphatic rings. The molecule has 0 saturated heterocycles. The second-order valence-electron chi connectivity index (χ2n) is 4.81. The van der Waals surface area contributed by atoms with Crippen LogP contribution in [0.3, 0.4) is 0 Å². The minimum Gasteiger partial charge on any atom is -0.383 e. The first-order valence-electron chi connectivity index (χ1n) is 6.31. The summed E-state index contributed by atoms with van der Waals surface area (Å²) in [5, 5.41) is 1.85. The molecular formula is C13H17N4S2+. The number of nitrogen functional groups attached to an aromatic ring is 1. The van der Waals surface area contributed by atoms with Crippen molar-refractivity contribution < 1.29 is 4.90 Å². The fourth-order valence-electron chi connectivity index (χ4n) is 2.42. The summed E-state index contributed by atoms with van der Waals surface area (Å²) in [6, 6.07) is 0. The van der Waals surface area contributed by atoms with Crippen LogP contribution in [0.5, 0.6) is 0 Å². The van der Waals surface area contributed by atoms with Crippen molar-refractivity contribution in [3.63, 3.8) is 0 Å². The highest BCUT2D eigenvalue weighted by Gasteiger charge is 2.24. The van der Waals surface area contributed by atoms with Gasteiger partial charge in [0.1, 0.15) is 17.2 Å². The molecule has 0 radical (unpaired) electrons. The van der Waals surface area contributed by atoms with Crippen molar-refractivity contribution >= 4 is 39.1 Å². The molecule has 0 fully saturated rings. The number of aromatic nitrogens is 2. The Bertz CT molecular complexity index is 635. The molecule has 4 nitrogen and oxygen atoms in total. The van der Waals surface area contributed by atoms with Gasteiger partial charge in [0, 0.05) is 12.2 Å². The van der Waals surface area contributed by atoms with E-state index < -0.39 is 0 Å². The van der Waals surface area contributed by atoms with Crippen molar-refractivity contribution in [3.05, 3.63) is 23.1 Å². The van der Waals surface area contributed by atoms with Gasteiger partial charge in [-0.1, -0.05) is 17.8 Å². The summed E-state index contributed by atoms with van der Waals surface area (Å²) < 4.78 is 0. The topological polar surface area (TPSA) is 56.2 Å². The maximum Gasteiger partial charge on any atom is 0.191 e. The Morgan fingerprint density at radius 3 is 3.16 bits per heavy atom. The van der Waals surface area contributed by atoms with Crippen molar-refractivity contribution in [1.29, 1.82) is 0 Å². The van der Waals surface area contributed by atoms with Crippen LogP contribution in [0.25, 0.3) is 10.2 Å². The Balaban J connectivity index is 2.08. The highest BCUT2D eigenvalue weighted by Crippen LogP contribution is 2.35. The maximum absolute atomic E-state index is 6.14. The molecule has 100 valence electrons. The molecule has 2 aromatic heterocycles. The third-order valence-corrected chi connectivity index (χ3v) is 5.30. The second kappa shape index (κ2) is 5.11. The Morgan fingerprint density at radius 1 is 1.53 bits per heavy atom. The minimum atomic E-state index is 0.633. The molecule has 0 aromatic carbocycles. The highest BCUT2D eigenvalue weighted by molar-refractivity contribution is 7.99. The number of fused-ring (bicyclic) bond motifs is 3. The van der Waals surface area contributed by atoms with Crippen LogP contribution in [0.15, 0.2) is 17.8 Å². The lowest BCUT2D eigenvalue weighted by molar-refractivity contribution is -0.895. The van der Waals surface area contributed by atoms with E-state index in [9.17, 15) is 0 Å². The first-order valence-corrected chi connectivity index (χ1v) is 8.12. The first kappa shape index (κ1) is 12.9. The van der Waals surface area contributed by atoms with E-state index in [-0.39, 0.29) is 0 Å². The highest BCUT2D eigenvalue weighted by atomic mass is 32.2. The fraction of sp³-hybridized carbons (Fsp3) is 0.385. The second-order valence-corrected chi connectivity index (χ2v) is 6.88. The molecule has 2 aromatic rings. The fourth-order valence-corrected chi connectivity index (χ4v) is 4.40. The molecule has 1 unspecified atom stereocenters. The SMILES string of the molecule is C=CCSc1nc(N)c2c3c(sc2n1)C[NH+](C)CC3. The van der Waals surface area contributed by atoms with Gasteiger partial charge < -0.3 is 10.6 Å². The zero-order valence-electron chi connectivity index (χ0n) is 10.9. The van der Waals surface area contributed by atoms with E-state index in [2.05, 4.69) is 23.6 Å². The molecule has 3 heterocycles. The van der Waals surface area contributed by atoms with Crippen molar-refractivity contribution in [2.24, 2.45) is 0 Å². The third kappa shape index (κ3) is 2.35. The number of nitrogens with one attached hydrogen (secondary N) is 1. The first-order chi connectivity index (χ1) is 9.19. The zero-order valence-corrected chi connectivity index (χ0v) is 12.5. The number of nitrogens with zero attached hydrogens (tertiary/aromatic N) is 2. The number of thiophene rings is 1. The summed E-state index contributed by atoms with van der Waals surface area (Å²) in [5.41, 5.74) is 7.52. The molecular weight excluding hydrogens is 276 g/mol. The van der Waals surface area contributed by atoms with E-state index in [1.807, 2.05) is 6.08 Å². The number of quaternary nitrogens is 1. The monoisotopic (exact) mass is 293 g/mol. The standard InChI is InChI=1S/C13H16N4S2/c1-3-6-18-13-15-11(14)10-8-4-5-17(2)7-9(8)19-12(10)16-13/h3H,1,4-7H2,2H3,(H2,14,15,16)/p+1. The predicted molar refractivity (Wildman–Crippen MR) is 81.9 cm³/mol. The van der Waals surface area contributed by atoms with Gasteiger partial charge in [0.2, 0.25) is 0 Å². The predicted octanol–water partition coefficient (Wildman–Crippen LogP) is 1.12. The molecule has 3 N–H and O–H groups in total. The van der Waals surface area contributed by atoms with E-state index in [0.717, 1.165) is 40.6 Å². The van der Waals surface area contributed by atoms with Crippen LogP contribution >= 0.6 is 23.1 Å². The van der Waals surface area contributed by atoms with Crippen LogP contribution in [0.4, 0.5) is 5.82 Å². The van der Waals surface area contributed by atoms with Crippen LogP contribution in [-0.2, 0) is 13.0 Å². The number of nitrogens with two attached hydrogens (primary N) is 1. The lowest BCUT2D eigenvalue weighted by Gasteiger charge is -2.19. The van der Waals surface area contributed by atoms with Gasteiger partial charge in [-0.15, -0.1) is 17.9 Å². The number of rotatable bonds is 3. The average Bonchev–Trinajstić information content (AvgIpc) is 2.73. The quantitative estimate of drug-likeness (QED) is 0.506. The number of thioether (sulfide) groups is 1. The molecule has 0 spiro atoms. The van der Waals surface area contributed by atoms with Gasteiger partial charge in [-0.25, -0.2) is 9.97 Å². The number of hydrogen-bond acceptors (Lipinski definition) is 5. The normalized spacial score (nSPS) is 18.5. The lowest BCUT2D eigenvalue weighted by Crippen LogP contribution is -3.08. The number of hydrogen-bond donors (Lipinski definition) is 2. The Labute approximate surface area is 120 Å². The molecule has 6 heteroatoms. The van der Waals surface area contributed by atoms with Crippen molar-refractivity contribution in [2.75, 3.05) is 25.1 Å². The molecule has 0 amide bonds. The Kier molecular flexibility index (Phi) is 3.47. The van der Waals surface area contributed by atoms with Gasteiger partial charge >= 0.3 is 0 Å². The van der Waals surface area contributed by atoms with Crippen LogP contribution < -0.4 is 10.6 Å². The van der Waals surface area contributed by atoms with E-state index in [1.54, 1.807) is 28.0 Å². The molecule has 0 saturated carbocycles. The van der Waals surface area contributed by atoms with Gasteiger partial charge in [-0.05, 0) is 5.56 Å². The molecule has 3 rings (SSSR count). The van der Waals surface area contributed by atoms with Crippen molar-refractivity contribution in [2.45, 2.75) is 18.1 Å². The van der Waals surface area contributed by atoms with Gasteiger partial charge in [0.15, 0.2) is 5.16 Å². The Hall–Kier alpha value is -1.11. The third-order valence-electron chi connectivity index (χ3n) is 3.34. The number of likely N-dealkylation sites (N-methyl/N-ethyl adjacent to an activating group) is 1. The van der Waals surface area contributed by atoms with Gasteiger partial charge in [-0.3, -0.25) is 0 Å². The maximum atomic E-state index is 6.14. The summed E-state index contributed by atoms with van der Waals surface area (Å²) in [4.78, 5) is 13.1. The van der Waals surface area contributed by atoms with E-state index >= 15 is 0 Å². The van der Waals surface area contributed by atoms with E-state index in [0.29, 0.717) is 5.82 Å². The van der Waals surface area contributed by atoms with E-state index in [4.69, 9.17) is 5.73 Å². The lowest BCUT2D eigenvalue weighted by atomic mass is 10.1. The minimum absolute atomic E-state index is 0.633. The van der Waals surface area contributed by atoms with Gasteiger partial charge in [0.05, 0.1) is 23.9 Å². The zero-order chi connectivity index (χ0) is 13.4. The number of anilines is 1. The average molecular weight is 293 g/mol. The summed E-state index contributed by atoms with van der Waals surface area (Å²) >= 11 is 3.35. The van der Waals surface area contributed by atoms with Crippen LogP contribution in [-0.4, -0.2) is 29.3 Å². The summed E-state index contributed by atoms with van der Waals surface area (Å²) in [7, 11) is 2.23. The van der Waals surface area contributed by atoms with Gasteiger partial charge in [-0.2, -0.15) is 0 Å². The molecule has 19 heavy (non-hydrogen) atoms. The van der Waals surface area contributed by atoms with Crippen LogP contribution in [0.2, 0.25) is 0 Å².